The van der Waals surface area contributed by atoms with E-state index in [9.17, 15) is 0 Å². The molecule has 1 aliphatic heterocycles. The van der Waals surface area contributed by atoms with E-state index >= 15 is 0 Å². The minimum Gasteiger partial charge on any atom is -0.454 e. The highest BCUT2D eigenvalue weighted by Crippen LogP contribution is 2.34. The van der Waals surface area contributed by atoms with Crippen LogP contribution in [-0.2, 0) is 6.54 Å². The smallest absolute Gasteiger partial charge is 0.231 e. The number of nitrogens with zero attached hydrogens (tertiary/aromatic N) is 1. The normalized spacial score (nSPS) is 24.8. The molecule has 1 saturated carbocycles. The standard InChI is InChI=1S/C18H27NO2/c1-13(2)15-5-7-16(8-6-15)19(3)11-14-4-9-17-18(10-14)21-12-20-17/h4,9-10,13,15-16H,5-8,11-12H2,1-3H3/t15-,16+. The highest BCUT2D eigenvalue weighted by atomic mass is 16.7. The lowest BCUT2D eigenvalue weighted by atomic mass is 9.79. The van der Waals surface area contributed by atoms with Gasteiger partial charge in [0.2, 0.25) is 6.79 Å². The summed E-state index contributed by atoms with van der Waals surface area (Å²) in [4.78, 5) is 2.51. The van der Waals surface area contributed by atoms with Crippen LogP contribution in [0.3, 0.4) is 0 Å². The van der Waals surface area contributed by atoms with E-state index in [1.54, 1.807) is 0 Å². The van der Waals surface area contributed by atoms with E-state index in [4.69, 9.17) is 9.47 Å². The van der Waals surface area contributed by atoms with Gasteiger partial charge >= 0.3 is 0 Å². The molecular weight excluding hydrogens is 262 g/mol. The Labute approximate surface area is 128 Å². The summed E-state index contributed by atoms with van der Waals surface area (Å²) in [6, 6.07) is 7.04. The number of hydrogen-bond donors (Lipinski definition) is 0. The second-order valence-electron chi connectivity index (χ2n) is 6.92. The SMILES string of the molecule is CC(C)[C@H]1CC[C@@H](N(C)Cc2ccc3c(c2)OCO3)CC1. The van der Waals surface area contributed by atoms with Gasteiger partial charge < -0.3 is 9.47 Å². The van der Waals surface area contributed by atoms with Gasteiger partial charge in [0.15, 0.2) is 11.5 Å². The predicted molar refractivity (Wildman–Crippen MR) is 84.6 cm³/mol. The third-order valence-corrected chi connectivity index (χ3v) is 5.18. The molecule has 1 aromatic carbocycles. The summed E-state index contributed by atoms with van der Waals surface area (Å²) < 4.78 is 10.8. The van der Waals surface area contributed by atoms with Crippen molar-refractivity contribution in [1.29, 1.82) is 0 Å². The molecule has 0 bridgehead atoms. The summed E-state index contributed by atoms with van der Waals surface area (Å²) in [5, 5.41) is 0. The van der Waals surface area contributed by atoms with Gasteiger partial charge in [0, 0.05) is 12.6 Å². The van der Waals surface area contributed by atoms with E-state index in [2.05, 4.69) is 37.9 Å². The minimum absolute atomic E-state index is 0.355. The van der Waals surface area contributed by atoms with Crippen molar-refractivity contribution in [2.24, 2.45) is 11.8 Å². The van der Waals surface area contributed by atoms with Gasteiger partial charge in [0.25, 0.3) is 0 Å². The molecule has 2 aliphatic rings. The molecule has 0 spiro atoms. The molecule has 1 aromatic rings. The Bertz CT molecular complexity index is 478. The van der Waals surface area contributed by atoms with Crippen molar-refractivity contribution in [1.82, 2.24) is 4.90 Å². The molecule has 3 rings (SSSR count). The van der Waals surface area contributed by atoms with Gasteiger partial charge in [-0.15, -0.1) is 0 Å². The monoisotopic (exact) mass is 289 g/mol. The third-order valence-electron chi connectivity index (χ3n) is 5.18. The van der Waals surface area contributed by atoms with Gasteiger partial charge in [-0.1, -0.05) is 19.9 Å². The first-order valence-electron chi connectivity index (χ1n) is 8.22. The lowest BCUT2D eigenvalue weighted by Gasteiger charge is -2.36. The zero-order valence-electron chi connectivity index (χ0n) is 13.5. The van der Waals surface area contributed by atoms with E-state index in [0.29, 0.717) is 6.79 Å². The van der Waals surface area contributed by atoms with E-state index in [-0.39, 0.29) is 0 Å². The Kier molecular flexibility index (Phi) is 4.39. The highest BCUT2D eigenvalue weighted by molar-refractivity contribution is 5.44. The lowest BCUT2D eigenvalue weighted by molar-refractivity contribution is 0.142. The Morgan fingerprint density at radius 1 is 1.10 bits per heavy atom. The molecule has 1 aliphatic carbocycles. The fraction of sp³-hybridized carbons (Fsp3) is 0.667. The van der Waals surface area contributed by atoms with Crippen LogP contribution in [0.25, 0.3) is 0 Å². The molecule has 1 fully saturated rings. The fourth-order valence-corrected chi connectivity index (χ4v) is 3.67. The number of rotatable bonds is 4. The number of benzene rings is 1. The zero-order valence-corrected chi connectivity index (χ0v) is 13.5. The number of hydrogen-bond acceptors (Lipinski definition) is 3. The summed E-state index contributed by atoms with van der Waals surface area (Å²) in [5.41, 5.74) is 1.31. The molecule has 3 heteroatoms. The van der Waals surface area contributed by atoms with Crippen molar-refractivity contribution in [3.63, 3.8) is 0 Å². The first-order chi connectivity index (χ1) is 10.1. The average molecular weight is 289 g/mol. The molecule has 3 nitrogen and oxygen atoms in total. The van der Waals surface area contributed by atoms with Crippen LogP contribution in [0.1, 0.15) is 45.1 Å². The largest absolute Gasteiger partial charge is 0.454 e. The quantitative estimate of drug-likeness (QED) is 0.834. The summed E-state index contributed by atoms with van der Waals surface area (Å²) in [6.45, 7) is 6.07. The van der Waals surface area contributed by atoms with Crippen molar-refractivity contribution in [3.05, 3.63) is 23.8 Å². The van der Waals surface area contributed by atoms with Crippen LogP contribution < -0.4 is 9.47 Å². The Hall–Kier alpha value is -1.22. The van der Waals surface area contributed by atoms with Crippen molar-refractivity contribution < 1.29 is 9.47 Å². The van der Waals surface area contributed by atoms with E-state index in [1.807, 2.05) is 6.07 Å². The summed E-state index contributed by atoms with van der Waals surface area (Å²) in [5.74, 6) is 3.54. The van der Waals surface area contributed by atoms with Crippen LogP contribution in [0.4, 0.5) is 0 Å². The minimum atomic E-state index is 0.355. The molecule has 21 heavy (non-hydrogen) atoms. The average Bonchev–Trinajstić information content (AvgIpc) is 2.95. The Balaban J connectivity index is 1.56. The topological polar surface area (TPSA) is 21.7 Å². The maximum Gasteiger partial charge on any atom is 0.231 e. The van der Waals surface area contributed by atoms with E-state index < -0.39 is 0 Å². The molecule has 0 unspecified atom stereocenters. The predicted octanol–water partition coefficient (Wildman–Crippen LogP) is 4.06. The van der Waals surface area contributed by atoms with Gasteiger partial charge in [-0.2, -0.15) is 0 Å². The molecule has 0 saturated heterocycles. The lowest BCUT2D eigenvalue weighted by Crippen LogP contribution is -2.35. The van der Waals surface area contributed by atoms with Crippen LogP contribution in [0.2, 0.25) is 0 Å². The van der Waals surface area contributed by atoms with Gasteiger partial charge in [0.05, 0.1) is 0 Å². The zero-order chi connectivity index (χ0) is 14.8. The van der Waals surface area contributed by atoms with Gasteiger partial charge in [-0.3, -0.25) is 4.90 Å². The Morgan fingerprint density at radius 3 is 2.52 bits per heavy atom. The highest BCUT2D eigenvalue weighted by Gasteiger charge is 2.25. The second-order valence-corrected chi connectivity index (χ2v) is 6.92. The third kappa shape index (κ3) is 3.34. The molecule has 1 heterocycles. The van der Waals surface area contributed by atoms with Gasteiger partial charge in [-0.25, -0.2) is 0 Å². The Morgan fingerprint density at radius 2 is 1.81 bits per heavy atom. The van der Waals surface area contributed by atoms with Crippen molar-refractivity contribution in [3.8, 4) is 11.5 Å². The second kappa shape index (κ2) is 6.27. The molecule has 0 N–H and O–H groups in total. The summed E-state index contributed by atoms with van der Waals surface area (Å²) in [7, 11) is 2.25. The number of fused-ring (bicyclic) bond motifs is 1. The summed E-state index contributed by atoms with van der Waals surface area (Å²) in [6.07, 6.45) is 5.44. The molecule has 0 atom stereocenters. The van der Waals surface area contributed by atoms with Crippen LogP contribution in [0.15, 0.2) is 18.2 Å². The molecule has 0 aromatic heterocycles. The summed E-state index contributed by atoms with van der Waals surface area (Å²) >= 11 is 0. The molecule has 0 radical (unpaired) electrons. The maximum atomic E-state index is 5.47. The van der Waals surface area contributed by atoms with Crippen LogP contribution in [0.5, 0.6) is 11.5 Å². The van der Waals surface area contributed by atoms with E-state index in [1.165, 1.54) is 31.2 Å². The van der Waals surface area contributed by atoms with Crippen molar-refractivity contribution in [2.45, 2.75) is 52.1 Å². The van der Waals surface area contributed by atoms with Gasteiger partial charge in [0.1, 0.15) is 0 Å². The van der Waals surface area contributed by atoms with Crippen LogP contribution >= 0.6 is 0 Å². The first kappa shape index (κ1) is 14.7. The maximum absolute atomic E-state index is 5.47. The van der Waals surface area contributed by atoms with Crippen molar-refractivity contribution >= 4 is 0 Å². The fourth-order valence-electron chi connectivity index (χ4n) is 3.67. The van der Waals surface area contributed by atoms with Crippen molar-refractivity contribution in [2.75, 3.05) is 13.8 Å². The van der Waals surface area contributed by atoms with E-state index in [0.717, 1.165) is 35.9 Å². The molecular formula is C18H27NO2. The molecule has 116 valence electrons. The number of ether oxygens (including phenoxy) is 2. The van der Waals surface area contributed by atoms with Crippen LogP contribution in [0, 0.1) is 11.8 Å². The van der Waals surface area contributed by atoms with Crippen LogP contribution in [-0.4, -0.2) is 24.8 Å². The molecule has 0 amide bonds. The van der Waals surface area contributed by atoms with Gasteiger partial charge in [-0.05, 0) is 62.3 Å². The first-order valence-corrected chi connectivity index (χ1v) is 8.22.